The van der Waals surface area contributed by atoms with Crippen LogP contribution in [0.15, 0.2) is 0 Å². The van der Waals surface area contributed by atoms with Crippen LogP contribution >= 0.6 is 0 Å². The highest BCUT2D eigenvalue weighted by Crippen LogP contribution is 2.30. The Bertz CT molecular complexity index is 229. The highest BCUT2D eigenvalue weighted by Gasteiger charge is 2.34. The van der Waals surface area contributed by atoms with Crippen molar-refractivity contribution in [3.05, 3.63) is 0 Å². The molecule has 1 saturated carbocycles. The first kappa shape index (κ1) is 12.5. The lowest BCUT2D eigenvalue weighted by Crippen LogP contribution is -2.55. The number of carboxylic acids is 1. The molecule has 2 N–H and O–H groups in total. The third-order valence-corrected chi connectivity index (χ3v) is 3.22. The molecule has 1 rings (SSSR count). The molecule has 1 aliphatic carbocycles. The summed E-state index contributed by atoms with van der Waals surface area (Å²) in [7, 11) is 1.71. The zero-order chi connectivity index (χ0) is 11.5. The van der Waals surface area contributed by atoms with E-state index >= 15 is 0 Å². The summed E-state index contributed by atoms with van der Waals surface area (Å²) in [5, 5.41) is 12.0. The lowest BCUT2D eigenvalue weighted by Gasteiger charge is -2.31. The summed E-state index contributed by atoms with van der Waals surface area (Å²) in [6, 6.07) is 0. The molecule has 0 radical (unpaired) electrons. The summed E-state index contributed by atoms with van der Waals surface area (Å²) in [5.74, 6) is 0.0269. The SMILES string of the molecule is CCN(CC1CC1)CC(C)(NC)C(=O)O. The fourth-order valence-corrected chi connectivity index (χ4v) is 1.67. The fourth-order valence-electron chi connectivity index (χ4n) is 1.67. The maximum atomic E-state index is 11.1. The summed E-state index contributed by atoms with van der Waals surface area (Å²) in [4.78, 5) is 13.3. The van der Waals surface area contributed by atoms with Crippen molar-refractivity contribution in [2.75, 3.05) is 26.7 Å². The van der Waals surface area contributed by atoms with Gasteiger partial charge in [-0.2, -0.15) is 0 Å². The van der Waals surface area contributed by atoms with Crippen LogP contribution in [0.2, 0.25) is 0 Å². The first-order chi connectivity index (χ1) is 7.01. The second-order valence-electron chi connectivity index (χ2n) is 4.66. The third-order valence-electron chi connectivity index (χ3n) is 3.22. The molecule has 88 valence electrons. The zero-order valence-corrected chi connectivity index (χ0v) is 9.92. The van der Waals surface area contributed by atoms with Crippen molar-refractivity contribution in [3.8, 4) is 0 Å². The second-order valence-corrected chi connectivity index (χ2v) is 4.66. The van der Waals surface area contributed by atoms with Gasteiger partial charge in [0.1, 0.15) is 5.54 Å². The van der Waals surface area contributed by atoms with E-state index in [0.29, 0.717) is 6.54 Å². The topological polar surface area (TPSA) is 52.6 Å². The lowest BCUT2D eigenvalue weighted by molar-refractivity contribution is -0.144. The van der Waals surface area contributed by atoms with E-state index in [2.05, 4.69) is 17.1 Å². The molecule has 1 fully saturated rings. The van der Waals surface area contributed by atoms with Gasteiger partial charge in [0.2, 0.25) is 0 Å². The molecule has 0 spiro atoms. The average molecular weight is 214 g/mol. The van der Waals surface area contributed by atoms with Crippen molar-refractivity contribution in [2.24, 2.45) is 5.92 Å². The van der Waals surface area contributed by atoms with Gasteiger partial charge in [0.05, 0.1) is 0 Å². The molecule has 1 aliphatic rings. The van der Waals surface area contributed by atoms with Gasteiger partial charge < -0.3 is 15.3 Å². The summed E-state index contributed by atoms with van der Waals surface area (Å²) in [6.07, 6.45) is 2.61. The van der Waals surface area contributed by atoms with E-state index in [1.54, 1.807) is 14.0 Å². The van der Waals surface area contributed by atoms with Gasteiger partial charge >= 0.3 is 5.97 Å². The molecule has 0 aromatic rings. The Morgan fingerprint density at radius 1 is 1.60 bits per heavy atom. The van der Waals surface area contributed by atoms with Gasteiger partial charge in [0, 0.05) is 13.1 Å². The predicted octanol–water partition coefficient (Wildman–Crippen LogP) is 0.781. The van der Waals surface area contributed by atoms with Crippen LogP contribution in [-0.2, 0) is 4.79 Å². The number of rotatable bonds is 7. The fraction of sp³-hybridized carbons (Fsp3) is 0.909. The number of carbonyl (C=O) groups is 1. The summed E-state index contributed by atoms with van der Waals surface area (Å²) in [6.45, 7) is 6.36. The van der Waals surface area contributed by atoms with E-state index in [9.17, 15) is 4.79 Å². The molecular weight excluding hydrogens is 192 g/mol. The van der Waals surface area contributed by atoms with Crippen LogP contribution in [0.4, 0.5) is 0 Å². The van der Waals surface area contributed by atoms with Crippen LogP contribution in [0.1, 0.15) is 26.7 Å². The van der Waals surface area contributed by atoms with Crippen LogP contribution in [0.5, 0.6) is 0 Å². The maximum absolute atomic E-state index is 11.1. The van der Waals surface area contributed by atoms with Gasteiger partial charge in [0.15, 0.2) is 0 Å². The van der Waals surface area contributed by atoms with Crippen molar-refractivity contribution in [3.63, 3.8) is 0 Å². The molecule has 4 heteroatoms. The number of aliphatic carboxylic acids is 1. The van der Waals surface area contributed by atoms with Crippen LogP contribution in [-0.4, -0.2) is 48.2 Å². The standard InChI is InChI=1S/C11H22N2O2/c1-4-13(7-9-5-6-9)8-11(2,12-3)10(14)15/h9,12H,4-8H2,1-3H3,(H,14,15). The molecule has 0 saturated heterocycles. The molecule has 0 bridgehead atoms. The van der Waals surface area contributed by atoms with E-state index < -0.39 is 11.5 Å². The number of carboxylic acid groups (broad SMARTS) is 1. The molecule has 4 nitrogen and oxygen atoms in total. The lowest BCUT2D eigenvalue weighted by atomic mass is 10.0. The van der Waals surface area contributed by atoms with Gasteiger partial charge in [-0.25, -0.2) is 0 Å². The Morgan fingerprint density at radius 2 is 2.20 bits per heavy atom. The van der Waals surface area contributed by atoms with Crippen molar-refractivity contribution in [1.82, 2.24) is 10.2 Å². The summed E-state index contributed by atoms with van der Waals surface area (Å²) >= 11 is 0. The minimum atomic E-state index is -0.828. The first-order valence-corrected chi connectivity index (χ1v) is 5.66. The summed E-state index contributed by atoms with van der Waals surface area (Å²) < 4.78 is 0. The Morgan fingerprint density at radius 3 is 2.53 bits per heavy atom. The molecule has 15 heavy (non-hydrogen) atoms. The van der Waals surface area contributed by atoms with Crippen LogP contribution in [0.25, 0.3) is 0 Å². The number of likely N-dealkylation sites (N-methyl/N-ethyl adjacent to an activating group) is 2. The molecule has 0 aliphatic heterocycles. The minimum absolute atomic E-state index is 0.575. The first-order valence-electron chi connectivity index (χ1n) is 5.66. The molecular formula is C11H22N2O2. The van der Waals surface area contributed by atoms with E-state index in [1.165, 1.54) is 12.8 Å². The van der Waals surface area contributed by atoms with E-state index in [0.717, 1.165) is 19.0 Å². The monoisotopic (exact) mass is 214 g/mol. The van der Waals surface area contributed by atoms with Crippen LogP contribution in [0, 0.1) is 5.92 Å². The number of nitrogens with zero attached hydrogens (tertiary/aromatic N) is 1. The molecule has 1 atom stereocenters. The Balaban J connectivity index is 2.49. The number of hydrogen-bond donors (Lipinski definition) is 2. The second kappa shape index (κ2) is 4.94. The third kappa shape index (κ3) is 3.47. The van der Waals surface area contributed by atoms with Gasteiger partial charge in [-0.1, -0.05) is 6.92 Å². The molecule has 0 aromatic carbocycles. The maximum Gasteiger partial charge on any atom is 0.324 e. The largest absolute Gasteiger partial charge is 0.480 e. The van der Waals surface area contributed by atoms with Crippen molar-refractivity contribution < 1.29 is 9.90 Å². The zero-order valence-electron chi connectivity index (χ0n) is 9.92. The van der Waals surface area contributed by atoms with Crippen LogP contribution < -0.4 is 5.32 Å². The Hall–Kier alpha value is -0.610. The Kier molecular flexibility index (Phi) is 4.11. The molecule has 0 aromatic heterocycles. The molecule has 0 heterocycles. The van der Waals surface area contributed by atoms with Crippen molar-refractivity contribution in [1.29, 1.82) is 0 Å². The van der Waals surface area contributed by atoms with Gasteiger partial charge in [-0.3, -0.25) is 4.79 Å². The van der Waals surface area contributed by atoms with E-state index in [4.69, 9.17) is 5.11 Å². The van der Waals surface area contributed by atoms with Gasteiger partial charge in [-0.05, 0) is 39.3 Å². The highest BCUT2D eigenvalue weighted by atomic mass is 16.4. The highest BCUT2D eigenvalue weighted by molar-refractivity contribution is 5.78. The van der Waals surface area contributed by atoms with E-state index in [1.807, 2.05) is 0 Å². The van der Waals surface area contributed by atoms with Crippen LogP contribution in [0.3, 0.4) is 0 Å². The predicted molar refractivity (Wildman–Crippen MR) is 59.9 cm³/mol. The average Bonchev–Trinajstić information content (AvgIpc) is 3.00. The smallest absolute Gasteiger partial charge is 0.324 e. The molecule has 1 unspecified atom stereocenters. The number of nitrogens with one attached hydrogen (secondary N) is 1. The summed E-state index contributed by atoms with van der Waals surface area (Å²) in [5.41, 5.74) is -0.828. The van der Waals surface area contributed by atoms with E-state index in [-0.39, 0.29) is 0 Å². The van der Waals surface area contributed by atoms with Crippen molar-refractivity contribution in [2.45, 2.75) is 32.2 Å². The van der Waals surface area contributed by atoms with Crippen molar-refractivity contribution >= 4 is 5.97 Å². The minimum Gasteiger partial charge on any atom is -0.480 e. The number of hydrogen-bond acceptors (Lipinski definition) is 3. The quantitative estimate of drug-likeness (QED) is 0.657. The Labute approximate surface area is 91.6 Å². The normalized spacial score (nSPS) is 20.3. The van der Waals surface area contributed by atoms with Gasteiger partial charge in [-0.15, -0.1) is 0 Å². The molecule has 0 amide bonds. The van der Waals surface area contributed by atoms with Gasteiger partial charge in [0.25, 0.3) is 0 Å².